The van der Waals surface area contributed by atoms with E-state index in [0.717, 1.165) is 25.6 Å². The van der Waals surface area contributed by atoms with Crippen molar-refractivity contribution in [3.05, 3.63) is 0 Å². The minimum atomic E-state index is -0.314. The molecule has 2 heterocycles. The lowest BCUT2D eigenvalue weighted by molar-refractivity contribution is -0.124. The Morgan fingerprint density at radius 3 is 2.68 bits per heavy atom. The smallest absolute Gasteiger partial charge is 0.324 e. The first-order valence-corrected chi connectivity index (χ1v) is 6.84. The Bertz CT molecular complexity index is 360. The summed E-state index contributed by atoms with van der Waals surface area (Å²) < 4.78 is 0. The standard InChI is InChI=1S/C12H21N5O2/c1-2-13-11(16-6-3-4-7-16)14-5-8-17-10(18)9-15-12(17)19/h2-9H2,1H3,(H,13,14)(H,15,19). The number of imide groups is 1. The number of likely N-dealkylation sites (tertiary alicyclic amines) is 1. The molecule has 2 aliphatic heterocycles. The van der Waals surface area contributed by atoms with Gasteiger partial charge in [0.15, 0.2) is 5.96 Å². The quantitative estimate of drug-likeness (QED) is 0.413. The molecule has 0 atom stereocenters. The second kappa shape index (κ2) is 6.40. The maximum Gasteiger partial charge on any atom is 0.324 e. The van der Waals surface area contributed by atoms with E-state index in [9.17, 15) is 9.59 Å². The summed E-state index contributed by atoms with van der Waals surface area (Å²) in [6.45, 7) is 5.78. The van der Waals surface area contributed by atoms with Crippen molar-refractivity contribution >= 4 is 17.9 Å². The summed E-state index contributed by atoms with van der Waals surface area (Å²) in [5.74, 6) is 0.707. The number of guanidine groups is 1. The Labute approximate surface area is 113 Å². The van der Waals surface area contributed by atoms with Gasteiger partial charge < -0.3 is 15.5 Å². The largest absolute Gasteiger partial charge is 0.357 e. The molecular formula is C12H21N5O2. The molecule has 2 rings (SSSR count). The van der Waals surface area contributed by atoms with E-state index in [1.807, 2.05) is 6.92 Å². The monoisotopic (exact) mass is 267 g/mol. The van der Waals surface area contributed by atoms with E-state index in [0.29, 0.717) is 13.1 Å². The first-order valence-electron chi connectivity index (χ1n) is 6.84. The molecule has 0 aromatic heterocycles. The van der Waals surface area contributed by atoms with E-state index in [-0.39, 0.29) is 18.5 Å². The number of aliphatic imine (C=N–C) groups is 1. The number of hydrogen-bond acceptors (Lipinski definition) is 3. The van der Waals surface area contributed by atoms with E-state index in [2.05, 4.69) is 20.5 Å². The summed E-state index contributed by atoms with van der Waals surface area (Å²) in [7, 11) is 0. The molecule has 3 amide bonds. The van der Waals surface area contributed by atoms with E-state index < -0.39 is 0 Å². The van der Waals surface area contributed by atoms with Crippen molar-refractivity contribution in [3.63, 3.8) is 0 Å². The number of carbonyl (C=O) groups is 2. The average molecular weight is 267 g/mol. The van der Waals surface area contributed by atoms with Gasteiger partial charge in [0.25, 0.3) is 0 Å². The second-order valence-electron chi connectivity index (χ2n) is 4.63. The highest BCUT2D eigenvalue weighted by atomic mass is 16.2. The molecular weight excluding hydrogens is 246 g/mol. The summed E-state index contributed by atoms with van der Waals surface area (Å²) in [4.78, 5) is 30.7. The predicted octanol–water partition coefficient (Wildman–Crippen LogP) is -0.400. The molecule has 7 nitrogen and oxygen atoms in total. The number of hydrogen-bond donors (Lipinski definition) is 2. The molecule has 0 aromatic rings. The number of amides is 3. The van der Waals surface area contributed by atoms with Crippen molar-refractivity contribution in [3.8, 4) is 0 Å². The summed E-state index contributed by atoms with van der Waals surface area (Å²) in [6.07, 6.45) is 2.38. The van der Waals surface area contributed by atoms with Crippen LogP contribution in [-0.2, 0) is 4.79 Å². The van der Waals surface area contributed by atoms with Gasteiger partial charge >= 0.3 is 6.03 Å². The maximum atomic E-state index is 11.4. The lowest BCUT2D eigenvalue weighted by Crippen LogP contribution is -2.40. The number of nitrogens with zero attached hydrogens (tertiary/aromatic N) is 3. The minimum absolute atomic E-state index is 0.106. The molecule has 2 N–H and O–H groups in total. The highest BCUT2D eigenvalue weighted by molar-refractivity contribution is 6.01. The highest BCUT2D eigenvalue weighted by Gasteiger charge is 2.27. The Morgan fingerprint density at radius 2 is 2.11 bits per heavy atom. The third-order valence-electron chi connectivity index (χ3n) is 3.26. The van der Waals surface area contributed by atoms with Gasteiger partial charge in [-0.1, -0.05) is 0 Å². The first kappa shape index (κ1) is 13.6. The van der Waals surface area contributed by atoms with E-state index in [1.54, 1.807) is 0 Å². The van der Waals surface area contributed by atoms with Gasteiger partial charge in [-0.3, -0.25) is 14.7 Å². The fourth-order valence-corrected chi connectivity index (χ4v) is 2.29. The van der Waals surface area contributed by atoms with Crippen LogP contribution < -0.4 is 10.6 Å². The molecule has 0 aromatic carbocycles. The van der Waals surface area contributed by atoms with Gasteiger partial charge in [-0.05, 0) is 19.8 Å². The van der Waals surface area contributed by atoms with Crippen molar-refractivity contribution in [2.24, 2.45) is 4.99 Å². The number of carbonyl (C=O) groups excluding carboxylic acids is 2. The van der Waals surface area contributed by atoms with Gasteiger partial charge in [0.05, 0.1) is 19.6 Å². The number of nitrogens with one attached hydrogen (secondary N) is 2. The molecule has 19 heavy (non-hydrogen) atoms. The molecule has 2 aliphatic rings. The Hall–Kier alpha value is -1.79. The van der Waals surface area contributed by atoms with Crippen LogP contribution in [0.3, 0.4) is 0 Å². The molecule has 0 bridgehead atoms. The summed E-state index contributed by atoms with van der Waals surface area (Å²) in [5, 5.41) is 5.74. The Morgan fingerprint density at radius 1 is 1.37 bits per heavy atom. The number of rotatable bonds is 4. The summed E-state index contributed by atoms with van der Waals surface area (Å²) >= 11 is 0. The number of urea groups is 1. The molecule has 2 fully saturated rings. The minimum Gasteiger partial charge on any atom is -0.357 e. The molecule has 0 spiro atoms. The lowest BCUT2D eigenvalue weighted by Gasteiger charge is -2.21. The zero-order valence-corrected chi connectivity index (χ0v) is 11.3. The first-order chi connectivity index (χ1) is 9.22. The molecule has 0 unspecified atom stereocenters. The lowest BCUT2D eigenvalue weighted by atomic mass is 10.4. The molecule has 106 valence electrons. The fourth-order valence-electron chi connectivity index (χ4n) is 2.29. The SMILES string of the molecule is CCNC(=NCCN1C(=O)CNC1=O)N1CCCC1. The van der Waals surface area contributed by atoms with Gasteiger partial charge in [-0.2, -0.15) is 0 Å². The van der Waals surface area contributed by atoms with Gasteiger partial charge in [-0.25, -0.2) is 4.79 Å². The zero-order valence-electron chi connectivity index (χ0n) is 11.3. The Kier molecular flexibility index (Phi) is 4.59. The van der Waals surface area contributed by atoms with Gasteiger partial charge in [-0.15, -0.1) is 0 Å². The van der Waals surface area contributed by atoms with Crippen LogP contribution in [-0.4, -0.2) is 67.0 Å². The topological polar surface area (TPSA) is 77.0 Å². The van der Waals surface area contributed by atoms with Crippen LogP contribution in [0.2, 0.25) is 0 Å². The highest BCUT2D eigenvalue weighted by Crippen LogP contribution is 2.07. The molecule has 7 heteroatoms. The van der Waals surface area contributed by atoms with Gasteiger partial charge in [0, 0.05) is 19.6 Å². The molecule has 0 saturated carbocycles. The molecule has 0 radical (unpaired) electrons. The average Bonchev–Trinajstić information content (AvgIpc) is 3.02. The van der Waals surface area contributed by atoms with Crippen molar-refractivity contribution in [1.82, 2.24) is 20.4 Å². The van der Waals surface area contributed by atoms with Crippen molar-refractivity contribution in [1.29, 1.82) is 0 Å². The normalized spacial score (nSPS) is 20.2. The third kappa shape index (κ3) is 3.36. The van der Waals surface area contributed by atoms with Crippen LogP contribution in [0.5, 0.6) is 0 Å². The van der Waals surface area contributed by atoms with Gasteiger partial charge in [0.1, 0.15) is 0 Å². The van der Waals surface area contributed by atoms with Crippen LogP contribution in [0, 0.1) is 0 Å². The Balaban J connectivity index is 1.87. The second-order valence-corrected chi connectivity index (χ2v) is 4.63. The van der Waals surface area contributed by atoms with E-state index >= 15 is 0 Å². The van der Waals surface area contributed by atoms with Crippen LogP contribution >= 0.6 is 0 Å². The van der Waals surface area contributed by atoms with Crippen molar-refractivity contribution in [2.45, 2.75) is 19.8 Å². The third-order valence-corrected chi connectivity index (χ3v) is 3.26. The van der Waals surface area contributed by atoms with Gasteiger partial charge in [0.2, 0.25) is 5.91 Å². The van der Waals surface area contributed by atoms with Crippen molar-refractivity contribution in [2.75, 3.05) is 39.3 Å². The predicted molar refractivity (Wildman–Crippen MR) is 71.9 cm³/mol. The van der Waals surface area contributed by atoms with Crippen molar-refractivity contribution < 1.29 is 9.59 Å². The van der Waals surface area contributed by atoms with Crippen LogP contribution in [0.15, 0.2) is 4.99 Å². The fraction of sp³-hybridized carbons (Fsp3) is 0.750. The summed E-state index contributed by atoms with van der Waals surface area (Å²) in [5.41, 5.74) is 0. The van der Waals surface area contributed by atoms with E-state index in [1.165, 1.54) is 17.7 Å². The van der Waals surface area contributed by atoms with E-state index in [4.69, 9.17) is 0 Å². The maximum absolute atomic E-state index is 11.4. The summed E-state index contributed by atoms with van der Waals surface area (Å²) in [6, 6.07) is -0.314. The van der Waals surface area contributed by atoms with Crippen LogP contribution in [0.4, 0.5) is 4.79 Å². The zero-order chi connectivity index (χ0) is 13.7. The molecule has 2 saturated heterocycles. The van der Waals surface area contributed by atoms with Crippen LogP contribution in [0.25, 0.3) is 0 Å². The van der Waals surface area contributed by atoms with Crippen LogP contribution in [0.1, 0.15) is 19.8 Å². The molecule has 0 aliphatic carbocycles.